The molecule has 4 nitrogen and oxygen atoms in total. The minimum atomic E-state index is -0.176. The van der Waals surface area contributed by atoms with Gasteiger partial charge in [0.25, 0.3) is 0 Å². The van der Waals surface area contributed by atoms with Crippen molar-refractivity contribution in [2.24, 2.45) is 34.5 Å². The van der Waals surface area contributed by atoms with Crippen LogP contribution in [-0.4, -0.2) is 17.4 Å². The fraction of sp³-hybridized carbons (Fsp3) is 0.826. The highest BCUT2D eigenvalue weighted by molar-refractivity contribution is 5.80. The molecule has 1 saturated heterocycles. The third kappa shape index (κ3) is 2.94. The second-order valence-electron chi connectivity index (χ2n) is 11.0. The summed E-state index contributed by atoms with van der Waals surface area (Å²) in [5.41, 5.74) is -0.0713. The van der Waals surface area contributed by atoms with Gasteiger partial charge >= 0.3 is 5.97 Å². The number of carbonyl (C=O) groups is 2. The quantitative estimate of drug-likeness (QED) is 0.684. The van der Waals surface area contributed by atoms with Gasteiger partial charge in [0.05, 0.1) is 0 Å². The lowest BCUT2D eigenvalue weighted by Gasteiger charge is -2.56. The maximum absolute atomic E-state index is 13.0. The second-order valence-corrected chi connectivity index (χ2v) is 11.0. The van der Waals surface area contributed by atoms with Crippen LogP contribution in [0.25, 0.3) is 0 Å². The molecule has 3 aliphatic carbocycles. The summed E-state index contributed by atoms with van der Waals surface area (Å²) in [5, 5.41) is 3.24. The maximum Gasteiger partial charge on any atom is 0.310 e. The molecule has 2 saturated carbocycles. The van der Waals surface area contributed by atoms with Gasteiger partial charge in [0.2, 0.25) is 5.91 Å². The fourth-order valence-corrected chi connectivity index (χ4v) is 6.96. The Morgan fingerprint density at radius 3 is 2.59 bits per heavy atom. The SMILES string of the molecule is CC(C)(C)NC(=O)[C@H]1CC[C@H]2[C@@H]3CC=C4OC(=O)CC[C@]4(C)[C@H]3CC[C@]12C. The summed E-state index contributed by atoms with van der Waals surface area (Å²) in [7, 11) is 0. The Bertz CT molecular complexity index is 690. The number of carbonyl (C=O) groups excluding carboxylic acids is 2. The van der Waals surface area contributed by atoms with E-state index in [1.807, 2.05) is 0 Å². The van der Waals surface area contributed by atoms with Crippen molar-refractivity contribution in [3.8, 4) is 0 Å². The van der Waals surface area contributed by atoms with Gasteiger partial charge in [-0.25, -0.2) is 0 Å². The summed E-state index contributed by atoms with van der Waals surface area (Å²) in [6.45, 7) is 10.9. The van der Waals surface area contributed by atoms with E-state index in [-0.39, 0.29) is 34.2 Å². The van der Waals surface area contributed by atoms with E-state index in [1.165, 1.54) is 0 Å². The van der Waals surface area contributed by atoms with E-state index in [0.29, 0.717) is 24.2 Å². The number of esters is 1. The van der Waals surface area contributed by atoms with Gasteiger partial charge in [-0.05, 0) is 88.5 Å². The molecule has 3 fully saturated rings. The molecule has 0 aromatic heterocycles. The Kier molecular flexibility index (Phi) is 4.29. The molecule has 0 spiro atoms. The van der Waals surface area contributed by atoms with Crippen LogP contribution >= 0.6 is 0 Å². The summed E-state index contributed by atoms with van der Waals surface area (Å²) in [6.07, 6.45) is 9.06. The van der Waals surface area contributed by atoms with E-state index in [2.05, 4.69) is 46.0 Å². The minimum Gasteiger partial charge on any atom is -0.431 e. The summed E-state index contributed by atoms with van der Waals surface area (Å²) < 4.78 is 5.65. The Morgan fingerprint density at radius 1 is 1.15 bits per heavy atom. The predicted octanol–water partition coefficient (Wildman–Crippen LogP) is 4.59. The molecule has 0 unspecified atom stereocenters. The van der Waals surface area contributed by atoms with Crippen LogP contribution in [0.15, 0.2) is 11.8 Å². The van der Waals surface area contributed by atoms with Gasteiger partial charge in [-0.3, -0.25) is 9.59 Å². The number of ether oxygens (including phenoxy) is 1. The maximum atomic E-state index is 13.0. The number of hydrogen-bond donors (Lipinski definition) is 1. The normalized spacial score (nSPS) is 43.7. The molecule has 0 aromatic rings. The van der Waals surface area contributed by atoms with Crippen LogP contribution in [0.4, 0.5) is 0 Å². The fourth-order valence-electron chi connectivity index (χ4n) is 6.96. The van der Waals surface area contributed by atoms with E-state index < -0.39 is 0 Å². The topological polar surface area (TPSA) is 55.4 Å². The molecule has 0 bridgehead atoms. The smallest absolute Gasteiger partial charge is 0.310 e. The number of nitrogens with one attached hydrogen (secondary N) is 1. The van der Waals surface area contributed by atoms with Gasteiger partial charge in [-0.1, -0.05) is 13.8 Å². The first kappa shape index (κ1) is 19.0. The third-order valence-corrected chi connectivity index (χ3v) is 8.28. The highest BCUT2D eigenvalue weighted by atomic mass is 16.5. The lowest BCUT2D eigenvalue weighted by atomic mass is 9.49. The zero-order chi connectivity index (χ0) is 19.6. The molecule has 0 aromatic carbocycles. The molecule has 1 aliphatic heterocycles. The average Bonchev–Trinajstić information content (AvgIpc) is 2.91. The molecule has 4 heteroatoms. The van der Waals surface area contributed by atoms with Gasteiger partial charge in [-0.2, -0.15) is 0 Å². The third-order valence-electron chi connectivity index (χ3n) is 8.28. The Hall–Kier alpha value is -1.32. The van der Waals surface area contributed by atoms with Gasteiger partial charge in [0, 0.05) is 23.3 Å². The highest BCUT2D eigenvalue weighted by Crippen LogP contribution is 2.65. The van der Waals surface area contributed by atoms with Crippen molar-refractivity contribution in [3.63, 3.8) is 0 Å². The molecule has 150 valence electrons. The number of rotatable bonds is 1. The molecule has 4 rings (SSSR count). The molecule has 0 radical (unpaired) electrons. The van der Waals surface area contributed by atoms with Crippen molar-refractivity contribution in [3.05, 3.63) is 11.8 Å². The lowest BCUT2D eigenvalue weighted by molar-refractivity contribution is -0.153. The number of hydrogen-bond acceptors (Lipinski definition) is 3. The van der Waals surface area contributed by atoms with E-state index in [9.17, 15) is 9.59 Å². The summed E-state index contributed by atoms with van der Waals surface area (Å²) in [4.78, 5) is 24.8. The molecular formula is C23H35NO3. The first-order valence-corrected chi connectivity index (χ1v) is 10.8. The van der Waals surface area contributed by atoms with Crippen LogP contribution in [0.2, 0.25) is 0 Å². The monoisotopic (exact) mass is 373 g/mol. The summed E-state index contributed by atoms with van der Waals surface area (Å²) >= 11 is 0. The van der Waals surface area contributed by atoms with Crippen LogP contribution in [0.3, 0.4) is 0 Å². The second kappa shape index (κ2) is 6.09. The van der Waals surface area contributed by atoms with Crippen molar-refractivity contribution >= 4 is 11.9 Å². The lowest BCUT2D eigenvalue weighted by Crippen LogP contribution is -2.53. The zero-order valence-corrected chi connectivity index (χ0v) is 17.6. The van der Waals surface area contributed by atoms with Crippen molar-refractivity contribution in [2.75, 3.05) is 0 Å². The molecule has 1 N–H and O–H groups in total. The van der Waals surface area contributed by atoms with E-state index >= 15 is 0 Å². The largest absolute Gasteiger partial charge is 0.431 e. The number of fused-ring (bicyclic) bond motifs is 5. The average molecular weight is 374 g/mol. The number of amides is 1. The van der Waals surface area contributed by atoms with Gasteiger partial charge < -0.3 is 10.1 Å². The van der Waals surface area contributed by atoms with Crippen molar-refractivity contribution < 1.29 is 14.3 Å². The summed E-state index contributed by atoms with van der Waals surface area (Å²) in [6, 6.07) is 0. The van der Waals surface area contributed by atoms with E-state index in [4.69, 9.17) is 4.74 Å². The Balaban J connectivity index is 1.59. The van der Waals surface area contributed by atoms with Gasteiger partial charge in [0.1, 0.15) is 5.76 Å². The van der Waals surface area contributed by atoms with Crippen LogP contribution in [-0.2, 0) is 14.3 Å². The minimum absolute atomic E-state index is 0.00388. The van der Waals surface area contributed by atoms with Crippen molar-refractivity contribution in [2.45, 2.75) is 85.1 Å². The summed E-state index contributed by atoms with van der Waals surface area (Å²) in [5.74, 6) is 3.02. The molecule has 6 atom stereocenters. The van der Waals surface area contributed by atoms with Crippen LogP contribution in [0.1, 0.15) is 79.6 Å². The van der Waals surface area contributed by atoms with Crippen LogP contribution in [0, 0.1) is 34.5 Å². The molecule has 27 heavy (non-hydrogen) atoms. The van der Waals surface area contributed by atoms with Crippen LogP contribution in [0.5, 0.6) is 0 Å². The standard InChI is InChI=1S/C23H35NO3/c1-21(2,3)24-20(26)17-8-7-15-14-6-9-18-23(5,13-11-19(25)27-18)16(14)10-12-22(15,17)4/h9,14-17H,6-8,10-13H2,1-5H3,(H,24,26)/t14-,15-,16-,17+,22-,23+/m0/s1. The van der Waals surface area contributed by atoms with Crippen molar-refractivity contribution in [1.29, 1.82) is 0 Å². The number of allylic oxidation sites excluding steroid dienone is 2. The Labute approximate surface area is 163 Å². The van der Waals surface area contributed by atoms with Crippen molar-refractivity contribution in [1.82, 2.24) is 5.32 Å². The highest BCUT2D eigenvalue weighted by Gasteiger charge is 2.60. The van der Waals surface area contributed by atoms with Crippen LogP contribution < -0.4 is 5.32 Å². The molecule has 1 heterocycles. The first-order valence-electron chi connectivity index (χ1n) is 10.8. The molecule has 4 aliphatic rings. The Morgan fingerprint density at radius 2 is 1.89 bits per heavy atom. The zero-order valence-electron chi connectivity index (χ0n) is 17.6. The molecular weight excluding hydrogens is 338 g/mol. The first-order chi connectivity index (χ1) is 12.5. The van der Waals surface area contributed by atoms with E-state index in [0.717, 1.165) is 44.3 Å². The molecule has 1 amide bonds. The van der Waals surface area contributed by atoms with Gasteiger partial charge in [0.15, 0.2) is 0 Å². The van der Waals surface area contributed by atoms with Gasteiger partial charge in [-0.15, -0.1) is 0 Å². The predicted molar refractivity (Wildman–Crippen MR) is 105 cm³/mol. The van der Waals surface area contributed by atoms with E-state index in [1.54, 1.807) is 0 Å².